The highest BCUT2D eigenvalue weighted by Crippen LogP contribution is 2.34. The predicted octanol–water partition coefficient (Wildman–Crippen LogP) is 3.79. The number of likely N-dealkylation sites (tertiary alicyclic amines) is 1. The molecule has 2 aromatic carbocycles. The number of likely N-dealkylation sites (N-methyl/N-ethyl adjacent to an activating group) is 2. The van der Waals surface area contributed by atoms with Crippen LogP contribution in [0.15, 0.2) is 41.2 Å². The Morgan fingerprint density at radius 1 is 1.11 bits per heavy atom. The van der Waals surface area contributed by atoms with Gasteiger partial charge < -0.3 is 24.8 Å². The van der Waals surface area contributed by atoms with Crippen molar-refractivity contribution in [1.29, 1.82) is 0 Å². The first kappa shape index (κ1) is 26.0. The van der Waals surface area contributed by atoms with Crippen LogP contribution in [0.25, 0.3) is 11.0 Å². The number of aryl methyl sites for hydroxylation is 1. The molecule has 1 aromatic heterocycles. The van der Waals surface area contributed by atoms with Crippen molar-refractivity contribution >= 4 is 28.5 Å². The van der Waals surface area contributed by atoms with Gasteiger partial charge in [-0.05, 0) is 76.4 Å². The van der Waals surface area contributed by atoms with Gasteiger partial charge in [-0.25, -0.2) is 4.79 Å². The van der Waals surface area contributed by atoms with Crippen molar-refractivity contribution < 1.29 is 14.3 Å². The summed E-state index contributed by atoms with van der Waals surface area (Å²) in [5, 5.41) is 3.02. The van der Waals surface area contributed by atoms with Crippen molar-refractivity contribution in [3.8, 4) is 5.75 Å². The van der Waals surface area contributed by atoms with Crippen LogP contribution in [0, 0.1) is 12.8 Å². The fraction of sp³-hybridized carbons (Fsp3) is 0.483. The summed E-state index contributed by atoms with van der Waals surface area (Å²) in [5.41, 5.74) is 3.39. The van der Waals surface area contributed by atoms with Gasteiger partial charge in [0.2, 0.25) is 5.91 Å². The molecule has 3 aromatic rings. The highest BCUT2D eigenvalue weighted by molar-refractivity contribution is 6.05. The van der Waals surface area contributed by atoms with E-state index in [1.807, 2.05) is 44.3 Å². The Balaban J connectivity index is 1.29. The quantitative estimate of drug-likeness (QED) is 0.516. The average Bonchev–Trinajstić information content (AvgIpc) is 3.51. The maximum atomic E-state index is 13.4. The van der Waals surface area contributed by atoms with Crippen LogP contribution in [0.4, 0.5) is 5.69 Å². The summed E-state index contributed by atoms with van der Waals surface area (Å²) in [5.74, 6) is 0.547. The zero-order valence-electron chi connectivity index (χ0n) is 22.6. The third-order valence-electron chi connectivity index (χ3n) is 8.33. The van der Waals surface area contributed by atoms with Crippen LogP contribution < -0.4 is 15.7 Å². The minimum Gasteiger partial charge on any atom is -0.496 e. The van der Waals surface area contributed by atoms with Crippen LogP contribution in [-0.4, -0.2) is 71.5 Å². The zero-order valence-corrected chi connectivity index (χ0v) is 22.6. The first-order valence-corrected chi connectivity index (χ1v) is 13.4. The van der Waals surface area contributed by atoms with Gasteiger partial charge in [0.15, 0.2) is 0 Å². The van der Waals surface area contributed by atoms with E-state index < -0.39 is 0 Å². The Morgan fingerprint density at radius 3 is 2.55 bits per heavy atom. The second-order valence-corrected chi connectivity index (χ2v) is 10.8. The lowest BCUT2D eigenvalue weighted by Gasteiger charge is -2.28. The molecule has 202 valence electrons. The number of nitrogens with zero attached hydrogens (tertiary/aromatic N) is 3. The number of amides is 2. The Kier molecular flexibility index (Phi) is 7.29. The molecule has 0 radical (unpaired) electrons. The number of anilines is 1. The lowest BCUT2D eigenvalue weighted by Crippen LogP contribution is -2.38. The SMILES string of the molecule is COc1cc(NC(=O)[C@H]2CC[C@@H](n3c(=O)[nH]c4c(C(=O)N(C)C5CCN(C)C5)cccc43)CC2)ccc1C. The number of H-pyrrole nitrogens is 1. The van der Waals surface area contributed by atoms with Crippen LogP contribution in [0.3, 0.4) is 0 Å². The van der Waals surface area contributed by atoms with Crippen molar-refractivity contribution in [2.45, 2.75) is 51.1 Å². The number of benzene rings is 2. The third-order valence-corrected chi connectivity index (χ3v) is 8.33. The summed E-state index contributed by atoms with van der Waals surface area (Å²) in [4.78, 5) is 46.5. The monoisotopic (exact) mass is 519 g/mol. The summed E-state index contributed by atoms with van der Waals surface area (Å²) < 4.78 is 7.15. The normalized spacial score (nSPS) is 21.9. The smallest absolute Gasteiger partial charge is 0.326 e. The van der Waals surface area contributed by atoms with Gasteiger partial charge in [0.25, 0.3) is 5.91 Å². The average molecular weight is 520 g/mol. The molecule has 9 nitrogen and oxygen atoms in total. The van der Waals surface area contributed by atoms with Crippen LogP contribution in [0.2, 0.25) is 0 Å². The predicted molar refractivity (Wildman–Crippen MR) is 148 cm³/mol. The molecule has 1 aliphatic carbocycles. The molecule has 2 aliphatic rings. The molecule has 2 heterocycles. The van der Waals surface area contributed by atoms with Gasteiger partial charge in [-0.3, -0.25) is 14.2 Å². The second kappa shape index (κ2) is 10.6. The molecule has 2 N–H and O–H groups in total. The minimum atomic E-state index is -0.205. The third kappa shape index (κ3) is 4.95. The first-order valence-electron chi connectivity index (χ1n) is 13.4. The van der Waals surface area contributed by atoms with E-state index in [2.05, 4.69) is 22.2 Å². The number of methoxy groups -OCH3 is 1. The van der Waals surface area contributed by atoms with Gasteiger partial charge in [0.1, 0.15) is 5.75 Å². The number of ether oxygens (including phenoxy) is 1. The van der Waals surface area contributed by atoms with Gasteiger partial charge in [0, 0.05) is 43.3 Å². The molecule has 1 saturated carbocycles. The summed E-state index contributed by atoms with van der Waals surface area (Å²) in [6, 6.07) is 11.3. The van der Waals surface area contributed by atoms with Gasteiger partial charge in [0.05, 0.1) is 23.7 Å². The van der Waals surface area contributed by atoms with Crippen molar-refractivity contribution in [1.82, 2.24) is 19.4 Å². The molecule has 1 atom stereocenters. The molecule has 38 heavy (non-hydrogen) atoms. The lowest BCUT2D eigenvalue weighted by atomic mass is 9.85. The molecular formula is C29H37N5O4. The fourth-order valence-electron chi connectivity index (χ4n) is 6.01. The first-order chi connectivity index (χ1) is 18.3. The van der Waals surface area contributed by atoms with E-state index >= 15 is 0 Å². The van der Waals surface area contributed by atoms with Crippen molar-refractivity contribution in [2.24, 2.45) is 5.92 Å². The van der Waals surface area contributed by atoms with E-state index in [0.717, 1.165) is 42.0 Å². The van der Waals surface area contributed by atoms with Crippen LogP contribution >= 0.6 is 0 Å². The molecule has 2 amide bonds. The molecule has 1 saturated heterocycles. The largest absolute Gasteiger partial charge is 0.496 e. The molecule has 1 unspecified atom stereocenters. The van der Waals surface area contributed by atoms with Crippen molar-refractivity contribution in [2.75, 3.05) is 39.6 Å². The molecule has 1 aliphatic heterocycles. The Labute approximate surface area is 222 Å². The number of rotatable bonds is 6. The van der Waals surface area contributed by atoms with Gasteiger partial charge in [-0.1, -0.05) is 12.1 Å². The summed E-state index contributed by atoms with van der Waals surface area (Å²) in [7, 11) is 5.53. The Hall–Kier alpha value is -3.59. The molecule has 0 spiro atoms. The van der Waals surface area contributed by atoms with E-state index in [1.54, 1.807) is 22.6 Å². The number of fused-ring (bicyclic) bond motifs is 1. The van der Waals surface area contributed by atoms with Crippen LogP contribution in [0.1, 0.15) is 54.1 Å². The maximum Gasteiger partial charge on any atom is 0.326 e. The highest BCUT2D eigenvalue weighted by Gasteiger charge is 2.31. The number of hydrogen-bond acceptors (Lipinski definition) is 5. The number of aromatic amines is 1. The van der Waals surface area contributed by atoms with Crippen LogP contribution in [-0.2, 0) is 4.79 Å². The summed E-state index contributed by atoms with van der Waals surface area (Å²) in [6.07, 6.45) is 3.76. The van der Waals surface area contributed by atoms with E-state index in [1.165, 1.54) is 0 Å². The molecule has 5 rings (SSSR count). The number of carbonyl (C=O) groups is 2. The van der Waals surface area contributed by atoms with Crippen molar-refractivity contribution in [3.05, 3.63) is 58.0 Å². The maximum absolute atomic E-state index is 13.4. The molecule has 9 heteroatoms. The molecule has 0 bridgehead atoms. The Bertz CT molecular complexity index is 1400. The van der Waals surface area contributed by atoms with Gasteiger partial charge in [-0.15, -0.1) is 0 Å². The minimum absolute atomic E-state index is 0.00546. The van der Waals surface area contributed by atoms with E-state index in [0.29, 0.717) is 36.8 Å². The summed E-state index contributed by atoms with van der Waals surface area (Å²) in [6.45, 7) is 3.79. The van der Waals surface area contributed by atoms with E-state index in [-0.39, 0.29) is 35.5 Å². The van der Waals surface area contributed by atoms with E-state index in [4.69, 9.17) is 4.74 Å². The highest BCUT2D eigenvalue weighted by atomic mass is 16.5. The molecular weight excluding hydrogens is 482 g/mol. The number of nitrogens with one attached hydrogen (secondary N) is 2. The topological polar surface area (TPSA) is 99.7 Å². The molecule has 2 fully saturated rings. The van der Waals surface area contributed by atoms with Crippen molar-refractivity contribution in [3.63, 3.8) is 0 Å². The number of hydrogen-bond donors (Lipinski definition) is 2. The number of aromatic nitrogens is 2. The standard InChI is InChI=1S/C29H37N5O4/c1-18-8-11-20(16-25(18)38-4)30-27(35)19-9-12-21(13-10-19)34-24-7-5-6-23(26(24)31-29(34)37)28(36)33(3)22-14-15-32(2)17-22/h5-8,11,16,19,21-22H,9-10,12-15,17H2,1-4H3,(H,30,35)(H,31,37)/t19-,21+,22?. The zero-order chi connectivity index (χ0) is 27.0. The number of para-hydroxylation sites is 1. The van der Waals surface area contributed by atoms with Crippen LogP contribution in [0.5, 0.6) is 5.75 Å². The number of imidazole rings is 1. The fourth-order valence-corrected chi connectivity index (χ4v) is 6.01. The Morgan fingerprint density at radius 2 is 1.87 bits per heavy atom. The van der Waals surface area contributed by atoms with Gasteiger partial charge in [-0.2, -0.15) is 0 Å². The second-order valence-electron chi connectivity index (χ2n) is 10.8. The van der Waals surface area contributed by atoms with Gasteiger partial charge >= 0.3 is 5.69 Å². The number of carbonyl (C=O) groups excluding carboxylic acids is 2. The van der Waals surface area contributed by atoms with E-state index in [9.17, 15) is 14.4 Å². The lowest BCUT2D eigenvalue weighted by molar-refractivity contribution is -0.121. The summed E-state index contributed by atoms with van der Waals surface area (Å²) >= 11 is 0.